The average Bonchev–Trinajstić information content (AvgIpc) is 2.29. The zero-order chi connectivity index (χ0) is 12.7. The molecule has 0 aromatic heterocycles. The van der Waals surface area contributed by atoms with Gasteiger partial charge in [-0.2, -0.15) is 13.1 Å². The minimum atomic E-state index is -3.38. The van der Waals surface area contributed by atoms with E-state index in [4.69, 9.17) is 10.5 Å². The van der Waals surface area contributed by atoms with Crippen LogP contribution in [0.25, 0.3) is 0 Å². The predicted octanol–water partition coefficient (Wildman–Crippen LogP) is -0.426. The summed E-state index contributed by atoms with van der Waals surface area (Å²) in [5, 5.41) is 0. The number of nitrogens with two attached hydrogens (primary N) is 1. The van der Waals surface area contributed by atoms with Crippen LogP contribution < -0.4 is 15.2 Å². The Bertz CT molecular complexity index is 300. The highest BCUT2D eigenvalue weighted by Gasteiger charge is 2.20. The summed E-state index contributed by atoms with van der Waals surface area (Å²) in [6.07, 6.45) is 3.98. The first-order valence-corrected chi connectivity index (χ1v) is 7.50. The maximum atomic E-state index is 11.5. The van der Waals surface area contributed by atoms with Crippen LogP contribution >= 0.6 is 0 Å². The van der Waals surface area contributed by atoms with Crippen LogP contribution in [0.2, 0.25) is 0 Å². The second-order valence-corrected chi connectivity index (χ2v) is 6.10. The third-order valence-corrected chi connectivity index (χ3v) is 4.18. The van der Waals surface area contributed by atoms with Crippen LogP contribution in [0.3, 0.4) is 0 Å². The first-order valence-electron chi connectivity index (χ1n) is 6.02. The molecule has 1 fully saturated rings. The Morgan fingerprint density at radius 2 is 1.88 bits per heavy atom. The van der Waals surface area contributed by atoms with Gasteiger partial charge in [0.1, 0.15) is 0 Å². The fourth-order valence-corrected chi connectivity index (χ4v) is 2.86. The second kappa shape index (κ2) is 7.27. The third kappa shape index (κ3) is 6.32. The van der Waals surface area contributed by atoms with Gasteiger partial charge in [-0.05, 0) is 31.6 Å². The molecule has 0 radical (unpaired) electrons. The van der Waals surface area contributed by atoms with Gasteiger partial charge >= 0.3 is 0 Å². The number of hydrogen-bond acceptors (Lipinski definition) is 4. The van der Waals surface area contributed by atoms with E-state index in [9.17, 15) is 8.42 Å². The third-order valence-electron chi connectivity index (χ3n) is 3.05. The van der Waals surface area contributed by atoms with Crippen LogP contribution in [0, 0.1) is 5.92 Å². The molecule has 1 rings (SSSR count). The Morgan fingerprint density at radius 1 is 1.24 bits per heavy atom. The van der Waals surface area contributed by atoms with Crippen LogP contribution in [0.1, 0.15) is 25.7 Å². The summed E-state index contributed by atoms with van der Waals surface area (Å²) in [6, 6.07) is 0.294. The molecule has 1 aliphatic rings. The van der Waals surface area contributed by atoms with Crippen LogP contribution in [0.4, 0.5) is 0 Å². The van der Waals surface area contributed by atoms with Gasteiger partial charge in [-0.25, -0.2) is 4.72 Å². The number of ether oxygens (including phenoxy) is 1. The second-order valence-electron chi connectivity index (χ2n) is 4.52. The predicted molar refractivity (Wildman–Crippen MR) is 66.7 cm³/mol. The summed E-state index contributed by atoms with van der Waals surface area (Å²) in [5.41, 5.74) is 5.80. The molecule has 4 N–H and O–H groups in total. The van der Waals surface area contributed by atoms with Crippen molar-refractivity contribution in [2.45, 2.75) is 31.7 Å². The van der Waals surface area contributed by atoms with Crippen molar-refractivity contribution in [3.63, 3.8) is 0 Å². The molecular formula is C10H23N3O3S. The molecule has 0 unspecified atom stereocenters. The Morgan fingerprint density at radius 3 is 2.47 bits per heavy atom. The molecule has 7 heteroatoms. The highest BCUT2D eigenvalue weighted by molar-refractivity contribution is 7.87. The van der Waals surface area contributed by atoms with E-state index in [2.05, 4.69) is 9.44 Å². The summed E-state index contributed by atoms with van der Waals surface area (Å²) in [6.45, 7) is 1.16. The van der Waals surface area contributed by atoms with E-state index in [0.717, 1.165) is 25.7 Å². The van der Waals surface area contributed by atoms with Crippen molar-refractivity contribution in [1.29, 1.82) is 0 Å². The zero-order valence-corrected chi connectivity index (χ0v) is 11.1. The van der Waals surface area contributed by atoms with Crippen molar-refractivity contribution >= 4 is 10.2 Å². The molecule has 102 valence electrons. The lowest BCUT2D eigenvalue weighted by atomic mass is 9.87. The number of methoxy groups -OCH3 is 1. The van der Waals surface area contributed by atoms with Crippen molar-refractivity contribution in [3.05, 3.63) is 0 Å². The van der Waals surface area contributed by atoms with Crippen LogP contribution in [0.5, 0.6) is 0 Å². The van der Waals surface area contributed by atoms with Gasteiger partial charge in [0.2, 0.25) is 0 Å². The minimum Gasteiger partial charge on any atom is -0.383 e. The van der Waals surface area contributed by atoms with E-state index >= 15 is 0 Å². The minimum absolute atomic E-state index is 0.293. The Kier molecular flexibility index (Phi) is 6.35. The molecule has 17 heavy (non-hydrogen) atoms. The van der Waals surface area contributed by atoms with Gasteiger partial charge < -0.3 is 10.5 Å². The lowest BCUT2D eigenvalue weighted by molar-refractivity contribution is 0.204. The van der Waals surface area contributed by atoms with Gasteiger partial charge in [0, 0.05) is 26.2 Å². The fraction of sp³-hybridized carbons (Fsp3) is 1.00. The summed E-state index contributed by atoms with van der Waals surface area (Å²) in [5.74, 6) is 0.411. The molecule has 0 spiro atoms. The van der Waals surface area contributed by atoms with E-state index in [1.807, 2.05) is 0 Å². The van der Waals surface area contributed by atoms with Gasteiger partial charge in [0.05, 0.1) is 6.61 Å². The SMILES string of the molecule is COCCNS(=O)(=O)NCC1CCC(N)CC1. The monoisotopic (exact) mass is 265 g/mol. The molecule has 0 aromatic rings. The van der Waals surface area contributed by atoms with Crippen LogP contribution in [-0.2, 0) is 14.9 Å². The smallest absolute Gasteiger partial charge is 0.276 e. The molecule has 0 saturated heterocycles. The molecule has 0 aliphatic heterocycles. The van der Waals surface area contributed by atoms with Crippen molar-refractivity contribution in [1.82, 2.24) is 9.44 Å². The summed E-state index contributed by atoms with van der Waals surface area (Å²) in [4.78, 5) is 0. The Balaban J connectivity index is 2.20. The number of hydrogen-bond donors (Lipinski definition) is 3. The van der Waals surface area contributed by atoms with E-state index in [0.29, 0.717) is 31.7 Å². The topological polar surface area (TPSA) is 93.4 Å². The lowest BCUT2D eigenvalue weighted by Crippen LogP contribution is -2.41. The number of rotatable bonds is 7. The summed E-state index contributed by atoms with van der Waals surface area (Å²) in [7, 11) is -1.84. The summed E-state index contributed by atoms with van der Waals surface area (Å²) >= 11 is 0. The van der Waals surface area contributed by atoms with Crippen molar-refractivity contribution < 1.29 is 13.2 Å². The fourth-order valence-electron chi connectivity index (χ4n) is 1.95. The highest BCUT2D eigenvalue weighted by atomic mass is 32.2. The normalized spacial score (nSPS) is 26.0. The van der Waals surface area contributed by atoms with Crippen molar-refractivity contribution in [2.24, 2.45) is 11.7 Å². The summed E-state index contributed by atoms with van der Waals surface area (Å²) < 4.78 is 32.8. The van der Waals surface area contributed by atoms with Crippen molar-refractivity contribution in [3.8, 4) is 0 Å². The molecular weight excluding hydrogens is 242 g/mol. The maximum Gasteiger partial charge on any atom is 0.276 e. The van der Waals surface area contributed by atoms with Crippen LogP contribution in [-0.4, -0.2) is 41.3 Å². The largest absolute Gasteiger partial charge is 0.383 e. The zero-order valence-electron chi connectivity index (χ0n) is 10.3. The average molecular weight is 265 g/mol. The molecule has 0 heterocycles. The van der Waals surface area contributed by atoms with Crippen LogP contribution in [0.15, 0.2) is 0 Å². The molecule has 0 atom stereocenters. The first-order chi connectivity index (χ1) is 8.03. The van der Waals surface area contributed by atoms with Gasteiger partial charge in [0.25, 0.3) is 10.2 Å². The van der Waals surface area contributed by atoms with E-state index in [1.54, 1.807) is 0 Å². The standard InChI is InChI=1S/C10H23N3O3S/c1-16-7-6-12-17(14,15)13-8-9-2-4-10(11)5-3-9/h9-10,12-13H,2-8,11H2,1H3. The molecule has 0 aromatic carbocycles. The molecule has 1 aliphatic carbocycles. The lowest BCUT2D eigenvalue weighted by Gasteiger charge is -2.26. The molecule has 6 nitrogen and oxygen atoms in total. The first kappa shape index (κ1) is 14.8. The quantitative estimate of drug-likeness (QED) is 0.545. The maximum absolute atomic E-state index is 11.5. The van der Waals surface area contributed by atoms with Gasteiger partial charge in [-0.1, -0.05) is 0 Å². The highest BCUT2D eigenvalue weighted by Crippen LogP contribution is 2.22. The Hall–Kier alpha value is -0.210. The van der Waals surface area contributed by atoms with E-state index in [1.165, 1.54) is 7.11 Å². The van der Waals surface area contributed by atoms with E-state index < -0.39 is 10.2 Å². The van der Waals surface area contributed by atoms with E-state index in [-0.39, 0.29) is 0 Å². The molecule has 1 saturated carbocycles. The van der Waals surface area contributed by atoms with Gasteiger partial charge in [0.15, 0.2) is 0 Å². The van der Waals surface area contributed by atoms with Crippen molar-refractivity contribution in [2.75, 3.05) is 26.8 Å². The van der Waals surface area contributed by atoms with Gasteiger partial charge in [-0.15, -0.1) is 0 Å². The number of nitrogens with one attached hydrogen (secondary N) is 2. The van der Waals surface area contributed by atoms with Gasteiger partial charge in [-0.3, -0.25) is 0 Å². The molecule has 0 bridgehead atoms. The molecule has 0 amide bonds. The Labute approximate surface area is 103 Å².